The van der Waals surface area contributed by atoms with E-state index in [9.17, 15) is 29.1 Å². The minimum atomic E-state index is -1.25. The molecule has 1 aromatic heterocycles. The van der Waals surface area contributed by atoms with Crippen molar-refractivity contribution in [3.8, 4) is 0 Å². The number of nitrogens with one attached hydrogen (secondary N) is 2. The number of aliphatic carboxylic acids is 1. The highest BCUT2D eigenvalue weighted by Crippen LogP contribution is 2.41. The highest BCUT2D eigenvalue weighted by molar-refractivity contribution is 8.01. The van der Waals surface area contributed by atoms with Crippen LogP contribution in [0.2, 0.25) is 0 Å². The Labute approximate surface area is 229 Å². The fourth-order valence-corrected chi connectivity index (χ4v) is 6.59. The van der Waals surface area contributed by atoms with E-state index in [2.05, 4.69) is 26.2 Å². The van der Waals surface area contributed by atoms with Gasteiger partial charge in [0.2, 0.25) is 11.1 Å². The first-order valence-electron chi connectivity index (χ1n) is 11.6. The third-order valence-corrected chi connectivity index (χ3v) is 8.61. The van der Waals surface area contributed by atoms with Gasteiger partial charge in [0.05, 0.1) is 6.54 Å². The Hall–Kier alpha value is -4.12. The molecule has 0 saturated carbocycles. The van der Waals surface area contributed by atoms with Gasteiger partial charge in [-0.05, 0) is 21.6 Å². The van der Waals surface area contributed by atoms with E-state index in [1.807, 2.05) is 0 Å². The summed E-state index contributed by atoms with van der Waals surface area (Å²) in [5.74, 6) is -1.94. The van der Waals surface area contributed by atoms with Crippen LogP contribution in [0.5, 0.6) is 0 Å². The number of tetrazole rings is 1. The van der Waals surface area contributed by atoms with Crippen LogP contribution in [0.1, 0.15) is 11.6 Å². The first kappa shape index (κ1) is 26.5. The maximum absolute atomic E-state index is 13.4. The van der Waals surface area contributed by atoms with Gasteiger partial charge in [-0.15, -0.1) is 16.9 Å². The Bertz CT molecular complexity index is 1370. The maximum Gasteiger partial charge on any atom is 0.418 e. The number of hydrogen-bond acceptors (Lipinski definition) is 11. The lowest BCUT2D eigenvalue weighted by Crippen LogP contribution is -2.71. The van der Waals surface area contributed by atoms with Crippen molar-refractivity contribution in [2.75, 3.05) is 24.7 Å². The van der Waals surface area contributed by atoms with Gasteiger partial charge in [0, 0.05) is 18.6 Å². The van der Waals surface area contributed by atoms with Crippen molar-refractivity contribution in [1.82, 2.24) is 40.6 Å². The minimum Gasteiger partial charge on any atom is -0.477 e. The van der Waals surface area contributed by atoms with Crippen LogP contribution >= 0.6 is 23.5 Å². The van der Waals surface area contributed by atoms with Crippen molar-refractivity contribution in [2.45, 2.75) is 22.6 Å². The molecule has 5 rings (SSSR count). The van der Waals surface area contributed by atoms with Gasteiger partial charge in [0.1, 0.15) is 29.8 Å². The molecule has 2 unspecified atom stereocenters. The number of thioether (sulfide) groups is 2. The lowest BCUT2D eigenvalue weighted by atomic mass is 10.0. The van der Waals surface area contributed by atoms with Gasteiger partial charge in [0.25, 0.3) is 5.91 Å². The smallest absolute Gasteiger partial charge is 0.418 e. The number of rotatable bonds is 8. The highest BCUT2D eigenvalue weighted by atomic mass is 32.2. The molecule has 0 radical (unpaired) electrons. The van der Waals surface area contributed by atoms with Crippen LogP contribution in [0, 0.1) is 0 Å². The van der Waals surface area contributed by atoms with E-state index in [1.165, 1.54) is 33.1 Å². The van der Waals surface area contributed by atoms with Crippen molar-refractivity contribution in [3.63, 3.8) is 0 Å². The fraction of sp³-hybridized carbons (Fsp3) is 0.364. The predicted molar refractivity (Wildman–Crippen MR) is 135 cm³/mol. The first-order chi connectivity index (χ1) is 18.8. The lowest BCUT2D eigenvalue weighted by molar-refractivity contribution is -0.151. The summed E-state index contributed by atoms with van der Waals surface area (Å²) in [6.07, 6.45) is -0.819. The molecule has 15 nitrogen and oxygen atoms in total. The van der Waals surface area contributed by atoms with Crippen molar-refractivity contribution in [3.05, 3.63) is 47.2 Å². The average Bonchev–Trinajstić information content (AvgIpc) is 3.55. The van der Waals surface area contributed by atoms with Crippen LogP contribution in [0.25, 0.3) is 0 Å². The second-order valence-electron chi connectivity index (χ2n) is 8.59. The highest BCUT2D eigenvalue weighted by Gasteiger charge is 2.54. The lowest BCUT2D eigenvalue weighted by Gasteiger charge is -2.49. The number of hydrogen-bond donors (Lipinski definition) is 3. The number of imide groups is 1. The van der Waals surface area contributed by atoms with Gasteiger partial charge in [0.15, 0.2) is 0 Å². The quantitative estimate of drug-likeness (QED) is 0.282. The number of cyclic esters (lactones) is 1. The van der Waals surface area contributed by atoms with Crippen LogP contribution in [0.15, 0.2) is 46.8 Å². The van der Waals surface area contributed by atoms with Gasteiger partial charge < -0.3 is 20.5 Å². The summed E-state index contributed by atoms with van der Waals surface area (Å²) in [6, 6.07) is 5.31. The van der Waals surface area contributed by atoms with Gasteiger partial charge >= 0.3 is 18.1 Å². The van der Waals surface area contributed by atoms with E-state index in [0.29, 0.717) is 22.0 Å². The molecule has 2 aromatic rings. The number of nitrogens with zero attached hydrogens (tertiary/aromatic N) is 6. The molecule has 3 N–H and O–H groups in total. The molecule has 0 spiro atoms. The first-order valence-corrected chi connectivity index (χ1v) is 13.6. The van der Waals surface area contributed by atoms with E-state index in [-0.39, 0.29) is 24.6 Å². The second-order valence-corrected chi connectivity index (χ2v) is 10.6. The molecule has 17 heteroatoms. The van der Waals surface area contributed by atoms with Gasteiger partial charge in [-0.3, -0.25) is 14.5 Å². The molecule has 39 heavy (non-hydrogen) atoms. The molecule has 4 heterocycles. The van der Waals surface area contributed by atoms with Crippen molar-refractivity contribution < 1.29 is 33.8 Å². The maximum atomic E-state index is 13.4. The number of amides is 5. The zero-order chi connectivity index (χ0) is 27.7. The third-order valence-electron chi connectivity index (χ3n) is 6.17. The number of β-lactam (4-membered cyclic amide) rings is 1. The summed E-state index contributed by atoms with van der Waals surface area (Å²) in [5, 5.41) is 26.1. The molecule has 3 aliphatic rings. The summed E-state index contributed by atoms with van der Waals surface area (Å²) >= 11 is 2.57. The molecular formula is C22H22N8O7S2. The molecule has 2 fully saturated rings. The summed E-state index contributed by atoms with van der Waals surface area (Å²) in [4.78, 5) is 65.1. The molecule has 3 aliphatic heterocycles. The van der Waals surface area contributed by atoms with Crippen molar-refractivity contribution in [2.24, 2.45) is 7.05 Å². The normalized spacial score (nSPS) is 21.2. The largest absolute Gasteiger partial charge is 0.477 e. The molecule has 5 amide bonds. The topological polar surface area (TPSA) is 189 Å². The van der Waals surface area contributed by atoms with Crippen LogP contribution in [-0.4, -0.2) is 101 Å². The summed E-state index contributed by atoms with van der Waals surface area (Å²) < 4.78 is 6.25. The number of aryl methyl sites for hydroxylation is 1. The summed E-state index contributed by atoms with van der Waals surface area (Å²) in [5.41, 5.74) is 0.832. The van der Waals surface area contributed by atoms with E-state index in [1.54, 1.807) is 37.4 Å². The van der Waals surface area contributed by atoms with E-state index in [4.69, 9.17) is 4.74 Å². The standard InChI is InChI=1S/C22H22N8O7S2/c1-28-21(25-26-27-28)39-10-12-9-38-18-14(17(32)30(18)15(12)19(33)34)23-16(31)13(11-5-3-2-4-6-11)24-20(35)29-7-8-37-22(29)36/h2-6,13-14,18H,7-10H2,1H3,(H,23,31)(H,24,35)(H,33,34)/t13?,14?,18-/m1/s1. The molecule has 3 atom stereocenters. The third kappa shape index (κ3) is 5.14. The zero-order valence-corrected chi connectivity index (χ0v) is 22.0. The Kier molecular flexibility index (Phi) is 7.42. The van der Waals surface area contributed by atoms with E-state index in [0.717, 1.165) is 4.90 Å². The Morgan fingerprint density at radius 1 is 1.26 bits per heavy atom. The van der Waals surface area contributed by atoms with Gasteiger partial charge in [-0.25, -0.2) is 24.0 Å². The number of carboxylic acids is 1. The van der Waals surface area contributed by atoms with Gasteiger partial charge in [-0.1, -0.05) is 42.1 Å². The van der Waals surface area contributed by atoms with Crippen LogP contribution in [0.4, 0.5) is 9.59 Å². The summed E-state index contributed by atoms with van der Waals surface area (Å²) in [7, 11) is 1.66. The second kappa shape index (κ2) is 10.9. The van der Waals surface area contributed by atoms with Crippen molar-refractivity contribution >= 4 is 53.4 Å². The monoisotopic (exact) mass is 574 g/mol. The molecule has 204 valence electrons. The van der Waals surface area contributed by atoms with E-state index < -0.39 is 47.4 Å². The van der Waals surface area contributed by atoms with Crippen LogP contribution in [0.3, 0.4) is 0 Å². The molecular weight excluding hydrogens is 552 g/mol. The molecule has 0 bridgehead atoms. The van der Waals surface area contributed by atoms with Gasteiger partial charge in [-0.2, -0.15) is 0 Å². The average molecular weight is 575 g/mol. The SMILES string of the molecule is Cn1nnnc1SCC1=C(C(=O)O)N2C(=O)C(NC(=O)C(NC(=O)N3CCOC3=O)c3ccccc3)[C@H]2SC1. The number of carbonyl (C=O) groups is 5. The summed E-state index contributed by atoms with van der Waals surface area (Å²) in [6.45, 7) is 0.0931. The number of urea groups is 1. The zero-order valence-electron chi connectivity index (χ0n) is 20.3. The number of aromatic nitrogens is 4. The van der Waals surface area contributed by atoms with Crippen LogP contribution < -0.4 is 10.6 Å². The van der Waals surface area contributed by atoms with Crippen molar-refractivity contribution in [1.29, 1.82) is 0 Å². The van der Waals surface area contributed by atoms with Crippen LogP contribution in [-0.2, 0) is 26.2 Å². The predicted octanol–water partition coefficient (Wildman–Crippen LogP) is -0.0561. The minimum absolute atomic E-state index is 0.0423. The number of carboxylic acid groups (broad SMARTS) is 1. The number of benzene rings is 1. The fourth-order valence-electron chi connectivity index (χ4n) is 4.25. The Morgan fingerprint density at radius 3 is 2.67 bits per heavy atom. The Morgan fingerprint density at radius 2 is 2.03 bits per heavy atom. The molecule has 0 aliphatic carbocycles. The molecule has 2 saturated heterocycles. The number of fused-ring (bicyclic) bond motifs is 1. The number of carbonyl (C=O) groups excluding carboxylic acids is 4. The number of ether oxygens (including phenoxy) is 1. The molecule has 1 aromatic carbocycles. The Balaban J connectivity index is 1.30. The van der Waals surface area contributed by atoms with E-state index >= 15 is 0 Å².